The maximum atomic E-state index is 5.58. The van der Waals surface area contributed by atoms with E-state index in [0.717, 1.165) is 12.2 Å². The van der Waals surface area contributed by atoms with Gasteiger partial charge in [-0.05, 0) is 18.6 Å². The molecule has 1 saturated heterocycles. The van der Waals surface area contributed by atoms with Gasteiger partial charge in [-0.2, -0.15) is 21.8 Å². The third-order valence-electron chi connectivity index (χ3n) is 2.65. The van der Waals surface area contributed by atoms with E-state index in [1.807, 2.05) is 11.8 Å². The van der Waals surface area contributed by atoms with Gasteiger partial charge in [-0.25, -0.2) is 0 Å². The van der Waals surface area contributed by atoms with Crippen molar-refractivity contribution in [1.29, 1.82) is 0 Å². The highest BCUT2D eigenvalue weighted by molar-refractivity contribution is 7.99. The fourth-order valence-corrected chi connectivity index (χ4v) is 3.04. The molecule has 6 nitrogen and oxygen atoms in total. The second kappa shape index (κ2) is 4.40. The minimum absolute atomic E-state index is 0.398. The van der Waals surface area contributed by atoms with Gasteiger partial charge in [-0.15, -0.1) is 0 Å². The Morgan fingerprint density at radius 2 is 2.53 bits per heavy atom. The normalized spacial score (nSPS) is 19.9. The number of rotatable bonds is 3. The summed E-state index contributed by atoms with van der Waals surface area (Å²) < 4.78 is 6.90. The van der Waals surface area contributed by atoms with Crippen LogP contribution < -0.4 is 5.73 Å². The summed E-state index contributed by atoms with van der Waals surface area (Å²) in [6, 6.07) is 0. The molecule has 0 spiro atoms. The Hall–Kier alpha value is -1.50. The van der Waals surface area contributed by atoms with Crippen LogP contribution in [-0.4, -0.2) is 25.7 Å². The third kappa shape index (κ3) is 2.28. The quantitative estimate of drug-likeness (QED) is 0.889. The molecule has 3 rings (SSSR count). The van der Waals surface area contributed by atoms with E-state index in [-0.39, 0.29) is 0 Å². The van der Waals surface area contributed by atoms with Crippen molar-refractivity contribution in [1.82, 2.24) is 19.9 Å². The van der Waals surface area contributed by atoms with Crippen molar-refractivity contribution in [2.45, 2.75) is 24.6 Å². The minimum Gasteiger partial charge on any atom is -0.396 e. The van der Waals surface area contributed by atoms with E-state index in [2.05, 4.69) is 15.2 Å². The molecule has 0 aliphatic carbocycles. The molecule has 1 fully saturated rings. The fourth-order valence-electron chi connectivity index (χ4n) is 1.85. The fraction of sp³-hybridized carbons (Fsp3) is 0.500. The summed E-state index contributed by atoms with van der Waals surface area (Å²) in [4.78, 5) is 4.40. The Bertz CT molecular complexity index is 502. The summed E-state index contributed by atoms with van der Waals surface area (Å²) >= 11 is 1.89. The van der Waals surface area contributed by atoms with Gasteiger partial charge in [-0.3, -0.25) is 4.68 Å². The zero-order valence-corrected chi connectivity index (χ0v) is 10.1. The van der Waals surface area contributed by atoms with E-state index in [1.54, 1.807) is 17.1 Å². The molecule has 1 aliphatic heterocycles. The van der Waals surface area contributed by atoms with Gasteiger partial charge in [-0.1, -0.05) is 5.16 Å². The molecule has 0 bridgehead atoms. The number of nitrogens with zero attached hydrogens (tertiary/aromatic N) is 4. The van der Waals surface area contributed by atoms with Gasteiger partial charge in [0, 0.05) is 6.20 Å². The lowest BCUT2D eigenvalue weighted by atomic mass is 10.2. The van der Waals surface area contributed by atoms with Crippen molar-refractivity contribution in [3.63, 3.8) is 0 Å². The number of hydrogen-bond donors (Lipinski definition) is 1. The Morgan fingerprint density at radius 1 is 1.59 bits per heavy atom. The molecule has 0 amide bonds. The van der Waals surface area contributed by atoms with Crippen LogP contribution in [0.3, 0.4) is 0 Å². The summed E-state index contributed by atoms with van der Waals surface area (Å²) in [5.74, 6) is 2.57. The summed E-state index contributed by atoms with van der Waals surface area (Å²) in [6.45, 7) is 0.474. The third-order valence-corrected chi connectivity index (χ3v) is 4.03. The van der Waals surface area contributed by atoms with Crippen molar-refractivity contribution in [2.75, 3.05) is 11.5 Å². The number of nitrogens with two attached hydrogens (primary N) is 1. The van der Waals surface area contributed by atoms with Gasteiger partial charge >= 0.3 is 0 Å². The number of hydrogen-bond acceptors (Lipinski definition) is 6. The first-order chi connectivity index (χ1) is 8.31. The molecule has 0 aromatic carbocycles. The summed E-state index contributed by atoms with van der Waals surface area (Å²) in [6.07, 6.45) is 5.71. The molecule has 1 aliphatic rings. The van der Waals surface area contributed by atoms with Crippen LogP contribution in [-0.2, 0) is 6.54 Å². The highest BCUT2D eigenvalue weighted by Gasteiger charge is 2.22. The molecule has 1 atom stereocenters. The van der Waals surface area contributed by atoms with Crippen LogP contribution in [0.25, 0.3) is 0 Å². The van der Waals surface area contributed by atoms with E-state index < -0.39 is 0 Å². The number of nitrogen functional groups attached to an aromatic ring is 1. The Labute approximate surface area is 103 Å². The van der Waals surface area contributed by atoms with Crippen LogP contribution in [0, 0.1) is 0 Å². The standard InChI is InChI=1S/C10H13N5OS/c11-7-4-12-15(5-7)6-9-13-10(14-16-9)8-2-1-3-17-8/h4-5,8H,1-3,6,11H2. The van der Waals surface area contributed by atoms with Gasteiger partial charge in [0.25, 0.3) is 0 Å². The van der Waals surface area contributed by atoms with Gasteiger partial charge in [0.1, 0.15) is 6.54 Å². The highest BCUT2D eigenvalue weighted by Crippen LogP contribution is 2.38. The predicted octanol–water partition coefficient (Wildman–Crippen LogP) is 1.46. The average molecular weight is 251 g/mol. The van der Waals surface area contributed by atoms with Crippen LogP contribution in [0.4, 0.5) is 5.69 Å². The van der Waals surface area contributed by atoms with Crippen LogP contribution in [0.2, 0.25) is 0 Å². The molecule has 3 heterocycles. The molecule has 2 aromatic rings. The maximum absolute atomic E-state index is 5.58. The van der Waals surface area contributed by atoms with Crippen molar-refractivity contribution in [3.8, 4) is 0 Å². The molecular weight excluding hydrogens is 238 g/mol. The van der Waals surface area contributed by atoms with Crippen molar-refractivity contribution < 1.29 is 4.52 Å². The van der Waals surface area contributed by atoms with E-state index in [1.165, 1.54) is 12.2 Å². The zero-order valence-electron chi connectivity index (χ0n) is 9.24. The molecule has 0 radical (unpaired) electrons. The first-order valence-corrected chi connectivity index (χ1v) is 6.58. The highest BCUT2D eigenvalue weighted by atomic mass is 32.2. The van der Waals surface area contributed by atoms with Crippen molar-refractivity contribution in [2.24, 2.45) is 0 Å². The number of anilines is 1. The maximum Gasteiger partial charge on any atom is 0.248 e. The Balaban J connectivity index is 1.71. The molecule has 7 heteroatoms. The summed E-state index contributed by atoms with van der Waals surface area (Å²) in [5.41, 5.74) is 6.22. The second-order valence-corrected chi connectivity index (χ2v) is 5.33. The lowest BCUT2D eigenvalue weighted by Gasteiger charge is -1.99. The minimum atomic E-state index is 0.398. The van der Waals surface area contributed by atoms with Crippen molar-refractivity contribution >= 4 is 17.4 Å². The largest absolute Gasteiger partial charge is 0.396 e. The molecule has 2 N–H and O–H groups in total. The van der Waals surface area contributed by atoms with Gasteiger partial charge < -0.3 is 10.3 Å². The number of thioether (sulfide) groups is 1. The van der Waals surface area contributed by atoms with Gasteiger partial charge in [0.15, 0.2) is 5.82 Å². The van der Waals surface area contributed by atoms with Crippen LogP contribution in [0.15, 0.2) is 16.9 Å². The molecule has 90 valence electrons. The van der Waals surface area contributed by atoms with E-state index >= 15 is 0 Å². The van der Waals surface area contributed by atoms with Crippen LogP contribution >= 0.6 is 11.8 Å². The van der Waals surface area contributed by atoms with Crippen molar-refractivity contribution in [3.05, 3.63) is 24.1 Å². The monoisotopic (exact) mass is 251 g/mol. The SMILES string of the molecule is Nc1cnn(Cc2nc(C3CCCS3)no2)c1. The first kappa shape index (κ1) is 10.6. The topological polar surface area (TPSA) is 82.8 Å². The number of aromatic nitrogens is 4. The molecule has 1 unspecified atom stereocenters. The lowest BCUT2D eigenvalue weighted by Crippen LogP contribution is -2.00. The van der Waals surface area contributed by atoms with Crippen LogP contribution in [0.1, 0.15) is 29.8 Å². The molecule has 17 heavy (non-hydrogen) atoms. The van der Waals surface area contributed by atoms with Gasteiger partial charge in [0.2, 0.25) is 5.89 Å². The summed E-state index contributed by atoms with van der Waals surface area (Å²) in [5, 5.41) is 8.50. The predicted molar refractivity (Wildman–Crippen MR) is 64.5 cm³/mol. The smallest absolute Gasteiger partial charge is 0.248 e. The Morgan fingerprint density at radius 3 is 3.24 bits per heavy atom. The van der Waals surface area contributed by atoms with E-state index in [4.69, 9.17) is 10.3 Å². The van der Waals surface area contributed by atoms with Crippen LogP contribution in [0.5, 0.6) is 0 Å². The molecular formula is C10H13N5OS. The average Bonchev–Trinajstić information content (AvgIpc) is 3.00. The second-order valence-electron chi connectivity index (χ2n) is 4.02. The Kier molecular flexibility index (Phi) is 2.76. The van der Waals surface area contributed by atoms with E-state index in [9.17, 15) is 0 Å². The van der Waals surface area contributed by atoms with E-state index in [0.29, 0.717) is 23.4 Å². The summed E-state index contributed by atoms with van der Waals surface area (Å²) in [7, 11) is 0. The molecule has 2 aromatic heterocycles. The first-order valence-electron chi connectivity index (χ1n) is 5.53. The molecule has 0 saturated carbocycles. The lowest BCUT2D eigenvalue weighted by molar-refractivity contribution is 0.361. The van der Waals surface area contributed by atoms with Gasteiger partial charge in [0.05, 0.1) is 17.1 Å². The zero-order chi connectivity index (χ0) is 11.7.